The largest absolute Gasteiger partial charge is 0.444 e. The summed E-state index contributed by atoms with van der Waals surface area (Å²) in [4.78, 5) is 26.0. The quantitative estimate of drug-likeness (QED) is 0.788. The lowest BCUT2D eigenvalue weighted by molar-refractivity contribution is -0.131. The third-order valence-corrected chi connectivity index (χ3v) is 3.68. The number of nitrogens with one attached hydrogen (secondary N) is 2. The number of nitrogens with zero attached hydrogens (tertiary/aromatic N) is 1. The van der Waals surface area contributed by atoms with Crippen molar-refractivity contribution in [1.82, 2.24) is 15.5 Å². The van der Waals surface area contributed by atoms with Crippen molar-refractivity contribution in [3.8, 4) is 0 Å². The summed E-state index contributed by atoms with van der Waals surface area (Å²) in [7, 11) is 0. The fraction of sp³-hybridized carbons (Fsp3) is 0.857. The van der Waals surface area contributed by atoms with E-state index >= 15 is 0 Å². The van der Waals surface area contributed by atoms with Crippen LogP contribution in [0.3, 0.4) is 0 Å². The molecule has 2 rings (SSSR count). The van der Waals surface area contributed by atoms with Gasteiger partial charge in [0, 0.05) is 12.6 Å². The molecule has 1 atom stereocenters. The number of hydrogen-bond acceptors (Lipinski definition) is 4. The van der Waals surface area contributed by atoms with E-state index in [0.29, 0.717) is 12.5 Å². The zero-order chi connectivity index (χ0) is 14.8. The number of carbonyl (C=O) groups is 2. The first-order valence-electron chi connectivity index (χ1n) is 7.37. The highest BCUT2D eigenvalue weighted by atomic mass is 16.6. The first-order valence-corrected chi connectivity index (χ1v) is 7.37. The molecule has 0 aromatic rings. The van der Waals surface area contributed by atoms with Crippen LogP contribution in [0.5, 0.6) is 0 Å². The second-order valence-corrected chi connectivity index (χ2v) is 6.50. The fourth-order valence-electron chi connectivity index (χ4n) is 2.77. The molecule has 6 nitrogen and oxygen atoms in total. The molecule has 2 fully saturated rings. The molecule has 2 saturated heterocycles. The first kappa shape index (κ1) is 15.1. The van der Waals surface area contributed by atoms with Gasteiger partial charge in [0.25, 0.3) is 0 Å². The standard InChI is InChI=1S/C14H25N3O3/c1-14(2,3)20-13(19)16-11-6-9-17(12(11)18)10-4-7-15-8-5-10/h10-11,15H,4-9H2,1-3H3,(H,16,19)/t11-/m0/s1. The SMILES string of the molecule is CC(C)(C)OC(=O)N[C@H]1CCN(C2CCNCC2)C1=O. The van der Waals surface area contributed by atoms with Gasteiger partial charge in [-0.2, -0.15) is 0 Å². The van der Waals surface area contributed by atoms with E-state index in [1.807, 2.05) is 25.7 Å². The average Bonchev–Trinajstić information content (AvgIpc) is 2.70. The van der Waals surface area contributed by atoms with Gasteiger partial charge >= 0.3 is 6.09 Å². The van der Waals surface area contributed by atoms with Crippen molar-refractivity contribution < 1.29 is 14.3 Å². The maximum Gasteiger partial charge on any atom is 0.408 e. The van der Waals surface area contributed by atoms with Gasteiger partial charge in [-0.3, -0.25) is 4.79 Å². The summed E-state index contributed by atoms with van der Waals surface area (Å²) in [5.41, 5.74) is -0.541. The molecule has 2 amide bonds. The van der Waals surface area contributed by atoms with Crippen LogP contribution in [0.15, 0.2) is 0 Å². The molecule has 0 aromatic carbocycles. The maximum atomic E-state index is 12.3. The van der Waals surface area contributed by atoms with Crippen molar-refractivity contribution in [1.29, 1.82) is 0 Å². The zero-order valence-corrected chi connectivity index (χ0v) is 12.6. The Bertz CT molecular complexity index is 372. The summed E-state index contributed by atoms with van der Waals surface area (Å²) in [5, 5.41) is 5.98. The van der Waals surface area contributed by atoms with Crippen molar-refractivity contribution in [3.63, 3.8) is 0 Å². The molecule has 0 spiro atoms. The first-order chi connectivity index (χ1) is 9.37. The van der Waals surface area contributed by atoms with E-state index < -0.39 is 17.7 Å². The number of hydrogen-bond donors (Lipinski definition) is 2. The smallest absolute Gasteiger partial charge is 0.408 e. The molecule has 0 saturated carbocycles. The second-order valence-electron chi connectivity index (χ2n) is 6.50. The minimum Gasteiger partial charge on any atom is -0.444 e. The van der Waals surface area contributed by atoms with E-state index in [2.05, 4.69) is 10.6 Å². The van der Waals surface area contributed by atoms with Crippen LogP contribution in [0.2, 0.25) is 0 Å². The summed E-state index contributed by atoms with van der Waals surface area (Å²) < 4.78 is 5.20. The highest BCUT2D eigenvalue weighted by Crippen LogP contribution is 2.20. The molecule has 0 bridgehead atoms. The van der Waals surface area contributed by atoms with Crippen molar-refractivity contribution in [2.24, 2.45) is 0 Å². The van der Waals surface area contributed by atoms with E-state index in [4.69, 9.17) is 4.74 Å². The molecule has 2 aliphatic rings. The third-order valence-electron chi connectivity index (χ3n) is 3.68. The van der Waals surface area contributed by atoms with E-state index in [9.17, 15) is 9.59 Å². The van der Waals surface area contributed by atoms with Gasteiger partial charge in [-0.15, -0.1) is 0 Å². The number of piperidine rings is 1. The number of ether oxygens (including phenoxy) is 1. The molecule has 114 valence electrons. The zero-order valence-electron chi connectivity index (χ0n) is 12.6. The minimum atomic E-state index is -0.541. The Morgan fingerprint density at radius 3 is 2.55 bits per heavy atom. The van der Waals surface area contributed by atoms with Crippen LogP contribution in [0, 0.1) is 0 Å². The topological polar surface area (TPSA) is 70.7 Å². The molecule has 0 aliphatic carbocycles. The van der Waals surface area contributed by atoms with Crippen LogP contribution in [-0.2, 0) is 9.53 Å². The van der Waals surface area contributed by atoms with Gasteiger partial charge in [0.05, 0.1) is 0 Å². The van der Waals surface area contributed by atoms with Gasteiger partial charge in [0.15, 0.2) is 0 Å². The number of amides is 2. The van der Waals surface area contributed by atoms with E-state index in [1.54, 1.807) is 0 Å². The van der Waals surface area contributed by atoms with Gasteiger partial charge in [0.1, 0.15) is 11.6 Å². The molecular formula is C14H25N3O3. The number of rotatable bonds is 2. The molecule has 20 heavy (non-hydrogen) atoms. The highest BCUT2D eigenvalue weighted by Gasteiger charge is 2.37. The Morgan fingerprint density at radius 2 is 1.95 bits per heavy atom. The molecular weight excluding hydrogens is 258 g/mol. The maximum absolute atomic E-state index is 12.3. The summed E-state index contributed by atoms with van der Waals surface area (Å²) in [6.07, 6.45) is 2.14. The van der Waals surface area contributed by atoms with Gasteiger partial charge in [0.2, 0.25) is 5.91 Å². The van der Waals surface area contributed by atoms with Gasteiger partial charge in [-0.1, -0.05) is 0 Å². The minimum absolute atomic E-state index is 0.0303. The van der Waals surface area contributed by atoms with Crippen molar-refractivity contribution in [2.75, 3.05) is 19.6 Å². The predicted molar refractivity (Wildman–Crippen MR) is 75.4 cm³/mol. The summed E-state index contributed by atoms with van der Waals surface area (Å²) in [5.74, 6) is 0.0303. The predicted octanol–water partition coefficient (Wildman–Crippen LogP) is 0.864. The van der Waals surface area contributed by atoms with E-state index in [-0.39, 0.29) is 5.91 Å². The highest BCUT2D eigenvalue weighted by molar-refractivity contribution is 5.87. The average molecular weight is 283 g/mol. The number of likely N-dealkylation sites (tertiary alicyclic amines) is 1. The molecule has 0 radical (unpaired) electrons. The lowest BCUT2D eigenvalue weighted by Crippen LogP contribution is -2.48. The van der Waals surface area contributed by atoms with Crippen LogP contribution < -0.4 is 10.6 Å². The fourth-order valence-corrected chi connectivity index (χ4v) is 2.77. The summed E-state index contributed by atoms with van der Waals surface area (Å²) in [6.45, 7) is 8.07. The van der Waals surface area contributed by atoms with Crippen molar-refractivity contribution in [3.05, 3.63) is 0 Å². The summed E-state index contributed by atoms with van der Waals surface area (Å²) >= 11 is 0. The lowest BCUT2D eigenvalue weighted by atomic mass is 10.1. The number of alkyl carbamates (subject to hydrolysis) is 1. The van der Waals surface area contributed by atoms with Crippen molar-refractivity contribution >= 4 is 12.0 Å². The molecule has 6 heteroatoms. The van der Waals surface area contributed by atoms with Crippen molar-refractivity contribution in [2.45, 2.75) is 57.7 Å². The second kappa shape index (κ2) is 5.99. The van der Waals surface area contributed by atoms with Gasteiger partial charge in [-0.25, -0.2) is 4.79 Å². The van der Waals surface area contributed by atoms with Crippen LogP contribution in [0.25, 0.3) is 0 Å². The molecule has 2 N–H and O–H groups in total. The van der Waals surface area contributed by atoms with Crippen LogP contribution in [-0.4, -0.2) is 54.2 Å². The van der Waals surface area contributed by atoms with Gasteiger partial charge in [-0.05, 0) is 53.1 Å². The van der Waals surface area contributed by atoms with E-state index in [1.165, 1.54) is 0 Å². The molecule has 2 heterocycles. The third kappa shape index (κ3) is 3.85. The summed E-state index contributed by atoms with van der Waals surface area (Å²) in [6, 6.07) is -0.117. The Hall–Kier alpha value is -1.30. The normalized spacial score (nSPS) is 24.9. The lowest BCUT2D eigenvalue weighted by Gasteiger charge is -2.31. The van der Waals surface area contributed by atoms with Crippen LogP contribution in [0.4, 0.5) is 4.79 Å². The Balaban J connectivity index is 1.86. The molecule has 0 unspecified atom stereocenters. The number of carbonyl (C=O) groups excluding carboxylic acids is 2. The van der Waals surface area contributed by atoms with Gasteiger partial charge < -0.3 is 20.3 Å². The molecule has 0 aromatic heterocycles. The van der Waals surface area contributed by atoms with E-state index in [0.717, 1.165) is 32.5 Å². The Kier molecular flexibility index (Phi) is 4.52. The monoisotopic (exact) mass is 283 g/mol. The van der Waals surface area contributed by atoms with Crippen LogP contribution >= 0.6 is 0 Å². The Morgan fingerprint density at radius 1 is 1.30 bits per heavy atom. The Labute approximate surface area is 120 Å². The van der Waals surface area contributed by atoms with Crippen LogP contribution in [0.1, 0.15) is 40.0 Å². The molecule has 2 aliphatic heterocycles.